The lowest BCUT2D eigenvalue weighted by Gasteiger charge is -2.07. The minimum Gasteiger partial charge on any atom is -0.497 e. The predicted octanol–water partition coefficient (Wildman–Crippen LogP) is 3.31. The fourth-order valence-corrected chi connectivity index (χ4v) is 2.74. The molecule has 0 saturated carbocycles. The van der Waals surface area contributed by atoms with Crippen molar-refractivity contribution in [3.8, 4) is 11.5 Å². The number of rotatable bonds is 10. The summed E-state index contributed by atoms with van der Waals surface area (Å²) in [6, 6.07) is 13.7. The number of hydrogen-bond acceptors (Lipinski definition) is 4. The fraction of sp³-hybridized carbons (Fsp3) is 0.316. The maximum atomic E-state index is 12.8. The molecule has 0 saturated heterocycles. The van der Waals surface area contributed by atoms with Crippen LogP contribution in [0, 0.1) is 5.82 Å². The van der Waals surface area contributed by atoms with E-state index in [9.17, 15) is 9.18 Å². The van der Waals surface area contributed by atoms with E-state index in [1.54, 1.807) is 19.2 Å². The zero-order valence-electron chi connectivity index (χ0n) is 14.2. The summed E-state index contributed by atoms with van der Waals surface area (Å²) in [5.41, 5.74) is 1.00. The van der Waals surface area contributed by atoms with Crippen LogP contribution in [0.3, 0.4) is 0 Å². The molecule has 0 unspecified atom stereocenters. The standard InChI is InChI=1S/C19H22FNO3S/c1-23-17-6-8-18(9-7-17)24-12-13-25-14-19(22)21-11-10-15-2-4-16(20)5-3-15/h2-9H,10-14H2,1H3,(H,21,22). The van der Waals surface area contributed by atoms with Crippen LogP contribution in [0.2, 0.25) is 0 Å². The van der Waals surface area contributed by atoms with Crippen molar-refractivity contribution in [1.82, 2.24) is 5.32 Å². The van der Waals surface area contributed by atoms with Crippen LogP contribution in [0.4, 0.5) is 4.39 Å². The van der Waals surface area contributed by atoms with Gasteiger partial charge in [-0.05, 0) is 48.4 Å². The Hall–Kier alpha value is -2.21. The molecule has 25 heavy (non-hydrogen) atoms. The minimum atomic E-state index is -0.249. The van der Waals surface area contributed by atoms with Crippen molar-refractivity contribution in [1.29, 1.82) is 0 Å². The SMILES string of the molecule is COc1ccc(OCCSCC(=O)NCCc2ccc(F)cc2)cc1. The Bertz CT molecular complexity index is 647. The highest BCUT2D eigenvalue weighted by Crippen LogP contribution is 2.17. The van der Waals surface area contributed by atoms with Gasteiger partial charge < -0.3 is 14.8 Å². The second-order valence-corrected chi connectivity index (χ2v) is 6.41. The van der Waals surface area contributed by atoms with Gasteiger partial charge >= 0.3 is 0 Å². The van der Waals surface area contributed by atoms with Crippen molar-refractivity contribution in [3.63, 3.8) is 0 Å². The van der Waals surface area contributed by atoms with Crippen molar-refractivity contribution in [2.75, 3.05) is 31.8 Å². The topological polar surface area (TPSA) is 47.6 Å². The van der Waals surface area contributed by atoms with Crippen LogP contribution in [0.15, 0.2) is 48.5 Å². The molecule has 0 atom stereocenters. The third-order valence-corrected chi connectivity index (χ3v) is 4.36. The van der Waals surface area contributed by atoms with Crippen molar-refractivity contribution in [3.05, 3.63) is 59.9 Å². The van der Waals surface area contributed by atoms with Gasteiger partial charge in [0.25, 0.3) is 0 Å². The number of nitrogens with one attached hydrogen (secondary N) is 1. The molecule has 1 amide bonds. The molecule has 0 bridgehead atoms. The maximum Gasteiger partial charge on any atom is 0.230 e. The van der Waals surface area contributed by atoms with Crippen LogP contribution < -0.4 is 14.8 Å². The smallest absolute Gasteiger partial charge is 0.230 e. The molecule has 4 nitrogen and oxygen atoms in total. The van der Waals surface area contributed by atoms with Gasteiger partial charge in [0.05, 0.1) is 19.5 Å². The van der Waals surface area contributed by atoms with Gasteiger partial charge in [-0.25, -0.2) is 4.39 Å². The van der Waals surface area contributed by atoms with E-state index in [1.165, 1.54) is 23.9 Å². The summed E-state index contributed by atoms with van der Waals surface area (Å²) < 4.78 is 23.5. The molecule has 6 heteroatoms. The summed E-state index contributed by atoms with van der Waals surface area (Å²) in [4.78, 5) is 11.7. The highest BCUT2D eigenvalue weighted by molar-refractivity contribution is 7.99. The maximum absolute atomic E-state index is 12.8. The van der Waals surface area contributed by atoms with E-state index >= 15 is 0 Å². The molecule has 0 spiro atoms. The summed E-state index contributed by atoms with van der Waals surface area (Å²) in [7, 11) is 1.62. The Labute approximate surface area is 151 Å². The average molecular weight is 363 g/mol. The summed E-state index contributed by atoms with van der Waals surface area (Å²) in [5, 5.41) is 2.86. The highest BCUT2D eigenvalue weighted by Gasteiger charge is 2.02. The van der Waals surface area contributed by atoms with Gasteiger partial charge in [-0.15, -0.1) is 11.8 Å². The molecular weight excluding hydrogens is 341 g/mol. The molecule has 0 fully saturated rings. The van der Waals surface area contributed by atoms with Crippen LogP contribution in [-0.4, -0.2) is 37.7 Å². The Kier molecular flexibility index (Phi) is 8.12. The van der Waals surface area contributed by atoms with Gasteiger partial charge in [0.15, 0.2) is 0 Å². The Balaban J connectivity index is 1.52. The first-order valence-electron chi connectivity index (χ1n) is 8.03. The van der Waals surface area contributed by atoms with E-state index in [2.05, 4.69) is 5.32 Å². The third kappa shape index (κ3) is 7.47. The molecule has 0 aliphatic rings. The zero-order valence-corrected chi connectivity index (χ0v) is 15.0. The van der Waals surface area contributed by atoms with Gasteiger partial charge in [0.2, 0.25) is 5.91 Å². The average Bonchev–Trinajstić information content (AvgIpc) is 2.63. The van der Waals surface area contributed by atoms with Crippen molar-refractivity contribution in [2.24, 2.45) is 0 Å². The summed E-state index contributed by atoms with van der Waals surface area (Å²) in [5.74, 6) is 2.45. The molecule has 2 aromatic rings. The third-order valence-electron chi connectivity index (χ3n) is 3.44. The molecular formula is C19H22FNO3S. The molecule has 0 aliphatic carbocycles. The number of hydrogen-bond donors (Lipinski definition) is 1. The fourth-order valence-electron chi connectivity index (χ4n) is 2.10. The van der Waals surface area contributed by atoms with Gasteiger partial charge in [-0.1, -0.05) is 12.1 Å². The second-order valence-electron chi connectivity index (χ2n) is 5.30. The molecule has 2 rings (SSSR count). The van der Waals surface area contributed by atoms with E-state index in [-0.39, 0.29) is 11.7 Å². The number of amides is 1. The minimum absolute atomic E-state index is 0.00319. The van der Waals surface area contributed by atoms with Crippen molar-refractivity contribution < 1.29 is 18.7 Å². The number of thioether (sulfide) groups is 1. The number of halogens is 1. The van der Waals surface area contributed by atoms with Crippen LogP contribution in [0.1, 0.15) is 5.56 Å². The molecule has 0 radical (unpaired) electrons. The lowest BCUT2D eigenvalue weighted by Crippen LogP contribution is -2.27. The highest BCUT2D eigenvalue weighted by atomic mass is 32.2. The largest absolute Gasteiger partial charge is 0.497 e. The van der Waals surface area contributed by atoms with Gasteiger partial charge in [-0.3, -0.25) is 4.79 Å². The zero-order chi connectivity index (χ0) is 17.9. The lowest BCUT2D eigenvalue weighted by atomic mass is 10.1. The van der Waals surface area contributed by atoms with Crippen LogP contribution >= 0.6 is 11.8 Å². The lowest BCUT2D eigenvalue weighted by molar-refractivity contribution is -0.118. The molecule has 1 N–H and O–H groups in total. The first kappa shape index (κ1) is 19.1. The number of carbonyl (C=O) groups is 1. The van der Waals surface area contributed by atoms with Gasteiger partial charge in [0, 0.05) is 12.3 Å². The molecule has 0 aliphatic heterocycles. The molecule has 2 aromatic carbocycles. The number of carbonyl (C=O) groups excluding carboxylic acids is 1. The van der Waals surface area contributed by atoms with Gasteiger partial charge in [0.1, 0.15) is 17.3 Å². The first-order valence-corrected chi connectivity index (χ1v) is 9.18. The van der Waals surface area contributed by atoms with E-state index in [0.29, 0.717) is 25.3 Å². The predicted molar refractivity (Wildman–Crippen MR) is 98.9 cm³/mol. The number of benzene rings is 2. The molecule has 134 valence electrons. The van der Waals surface area contributed by atoms with Crippen molar-refractivity contribution >= 4 is 17.7 Å². The Morgan fingerprint density at radius 2 is 1.76 bits per heavy atom. The summed E-state index contributed by atoms with van der Waals surface area (Å²) in [6.07, 6.45) is 0.692. The van der Waals surface area contributed by atoms with Crippen molar-refractivity contribution in [2.45, 2.75) is 6.42 Å². The summed E-state index contributed by atoms with van der Waals surface area (Å²) >= 11 is 1.53. The van der Waals surface area contributed by atoms with Crippen LogP contribution in [0.25, 0.3) is 0 Å². The monoisotopic (exact) mass is 363 g/mol. The number of methoxy groups -OCH3 is 1. The molecule has 0 aromatic heterocycles. The van der Waals surface area contributed by atoms with E-state index in [1.807, 2.05) is 24.3 Å². The number of ether oxygens (including phenoxy) is 2. The molecule has 0 heterocycles. The quantitative estimate of drug-likeness (QED) is 0.658. The Morgan fingerprint density at radius 1 is 1.08 bits per heavy atom. The van der Waals surface area contributed by atoms with E-state index in [4.69, 9.17) is 9.47 Å². The van der Waals surface area contributed by atoms with Crippen LogP contribution in [-0.2, 0) is 11.2 Å². The van der Waals surface area contributed by atoms with Crippen LogP contribution in [0.5, 0.6) is 11.5 Å². The van der Waals surface area contributed by atoms with Gasteiger partial charge in [-0.2, -0.15) is 0 Å². The Morgan fingerprint density at radius 3 is 2.44 bits per heavy atom. The van der Waals surface area contributed by atoms with E-state index < -0.39 is 0 Å². The normalized spacial score (nSPS) is 10.3. The summed E-state index contributed by atoms with van der Waals surface area (Å²) in [6.45, 7) is 1.09. The van der Waals surface area contributed by atoms with E-state index in [0.717, 1.165) is 22.8 Å². The first-order chi connectivity index (χ1) is 12.2. The second kappa shape index (κ2) is 10.6.